The summed E-state index contributed by atoms with van der Waals surface area (Å²) in [6.07, 6.45) is 5.37. The summed E-state index contributed by atoms with van der Waals surface area (Å²) in [5.74, 6) is 0. The Balaban J connectivity index is 1.82. The Kier molecular flexibility index (Phi) is 5.67. The van der Waals surface area contributed by atoms with Crippen LogP contribution in [0.5, 0.6) is 0 Å². The van der Waals surface area contributed by atoms with E-state index in [1.165, 1.54) is 42.0 Å². The molecule has 2 heterocycles. The smallest absolute Gasteiger partial charge is 0.0330 e. The number of piperidine rings is 1. The second kappa shape index (κ2) is 7.27. The van der Waals surface area contributed by atoms with Crippen LogP contribution >= 0.6 is 11.3 Å². The SMILES string of the molecule is CCCNCc1ccc(CN2CCCCC2C)s1. The molecule has 1 unspecified atom stereocenters. The average molecular weight is 266 g/mol. The lowest BCUT2D eigenvalue weighted by molar-refractivity contribution is 0.154. The Morgan fingerprint density at radius 3 is 2.94 bits per heavy atom. The van der Waals surface area contributed by atoms with E-state index in [0.29, 0.717) is 0 Å². The van der Waals surface area contributed by atoms with Gasteiger partial charge in [0.25, 0.3) is 0 Å². The molecule has 2 rings (SSSR count). The number of nitrogens with zero attached hydrogens (tertiary/aromatic N) is 1. The van der Waals surface area contributed by atoms with Crippen molar-refractivity contribution in [1.29, 1.82) is 0 Å². The van der Waals surface area contributed by atoms with Crippen molar-refractivity contribution in [1.82, 2.24) is 10.2 Å². The van der Waals surface area contributed by atoms with Crippen LogP contribution in [0.15, 0.2) is 12.1 Å². The van der Waals surface area contributed by atoms with Crippen LogP contribution < -0.4 is 5.32 Å². The Morgan fingerprint density at radius 1 is 1.33 bits per heavy atom. The van der Waals surface area contributed by atoms with E-state index in [1.807, 2.05) is 11.3 Å². The van der Waals surface area contributed by atoms with E-state index in [9.17, 15) is 0 Å². The molecule has 0 amide bonds. The maximum atomic E-state index is 3.47. The molecule has 1 atom stereocenters. The van der Waals surface area contributed by atoms with Gasteiger partial charge in [0, 0.05) is 28.9 Å². The second-order valence-electron chi connectivity index (χ2n) is 5.36. The molecule has 1 aliphatic heterocycles. The van der Waals surface area contributed by atoms with Gasteiger partial charge in [-0.2, -0.15) is 0 Å². The van der Waals surface area contributed by atoms with Gasteiger partial charge < -0.3 is 5.32 Å². The first-order valence-corrected chi connectivity index (χ1v) is 8.13. The predicted octanol–water partition coefficient (Wildman–Crippen LogP) is 3.62. The zero-order chi connectivity index (χ0) is 12.8. The van der Waals surface area contributed by atoms with Crippen molar-refractivity contribution in [3.8, 4) is 0 Å². The second-order valence-corrected chi connectivity index (χ2v) is 6.61. The molecule has 0 spiro atoms. The molecule has 0 radical (unpaired) electrons. The molecule has 18 heavy (non-hydrogen) atoms. The Morgan fingerprint density at radius 2 is 2.17 bits per heavy atom. The first-order chi connectivity index (χ1) is 8.79. The van der Waals surface area contributed by atoms with E-state index >= 15 is 0 Å². The number of hydrogen-bond acceptors (Lipinski definition) is 3. The molecule has 1 N–H and O–H groups in total. The molecule has 1 aromatic rings. The molecule has 1 saturated heterocycles. The minimum absolute atomic E-state index is 0.766. The zero-order valence-electron chi connectivity index (χ0n) is 11.7. The normalized spacial score (nSPS) is 21.3. The highest BCUT2D eigenvalue weighted by molar-refractivity contribution is 7.11. The fourth-order valence-corrected chi connectivity index (χ4v) is 3.60. The van der Waals surface area contributed by atoms with Gasteiger partial charge >= 0.3 is 0 Å². The summed E-state index contributed by atoms with van der Waals surface area (Å²) in [6, 6.07) is 5.37. The third kappa shape index (κ3) is 4.08. The summed E-state index contributed by atoms with van der Waals surface area (Å²) in [6.45, 7) is 9.17. The van der Waals surface area contributed by atoms with Gasteiger partial charge in [-0.25, -0.2) is 0 Å². The minimum atomic E-state index is 0.766. The maximum Gasteiger partial charge on any atom is 0.0330 e. The molecule has 1 aliphatic rings. The van der Waals surface area contributed by atoms with Gasteiger partial charge in [0.05, 0.1) is 0 Å². The van der Waals surface area contributed by atoms with Gasteiger partial charge in [0.2, 0.25) is 0 Å². The monoisotopic (exact) mass is 266 g/mol. The third-order valence-electron chi connectivity index (χ3n) is 3.74. The first kappa shape index (κ1) is 14.0. The standard InChI is InChI=1S/C15H26N2S/c1-3-9-16-11-14-7-8-15(18-14)12-17-10-5-4-6-13(17)2/h7-8,13,16H,3-6,9-12H2,1-2H3. The topological polar surface area (TPSA) is 15.3 Å². The molecule has 0 aromatic carbocycles. The lowest BCUT2D eigenvalue weighted by atomic mass is 10.0. The maximum absolute atomic E-state index is 3.47. The van der Waals surface area contributed by atoms with E-state index in [0.717, 1.165) is 25.7 Å². The molecule has 2 nitrogen and oxygen atoms in total. The summed E-state index contributed by atoms with van der Waals surface area (Å²) < 4.78 is 0. The summed E-state index contributed by atoms with van der Waals surface area (Å²) in [5.41, 5.74) is 0. The minimum Gasteiger partial charge on any atom is -0.312 e. The van der Waals surface area contributed by atoms with Gasteiger partial charge in [0.1, 0.15) is 0 Å². The van der Waals surface area contributed by atoms with Crippen LogP contribution in [0.25, 0.3) is 0 Å². The van der Waals surface area contributed by atoms with Crippen LogP contribution in [0.3, 0.4) is 0 Å². The quantitative estimate of drug-likeness (QED) is 0.791. The molecule has 0 saturated carbocycles. The third-order valence-corrected chi connectivity index (χ3v) is 4.81. The van der Waals surface area contributed by atoms with Crippen LogP contribution in [-0.4, -0.2) is 24.0 Å². The Hall–Kier alpha value is -0.380. The van der Waals surface area contributed by atoms with Crippen molar-refractivity contribution in [3.63, 3.8) is 0 Å². The number of nitrogens with one attached hydrogen (secondary N) is 1. The molecule has 102 valence electrons. The van der Waals surface area contributed by atoms with E-state index in [1.54, 1.807) is 0 Å². The molecule has 1 fully saturated rings. The summed E-state index contributed by atoms with van der Waals surface area (Å²) in [5, 5.41) is 3.47. The van der Waals surface area contributed by atoms with Gasteiger partial charge in [-0.15, -0.1) is 11.3 Å². The largest absolute Gasteiger partial charge is 0.312 e. The summed E-state index contributed by atoms with van der Waals surface area (Å²) >= 11 is 1.97. The van der Waals surface area contributed by atoms with E-state index < -0.39 is 0 Å². The van der Waals surface area contributed by atoms with Gasteiger partial charge in [-0.05, 0) is 51.4 Å². The Bertz CT molecular complexity index is 348. The van der Waals surface area contributed by atoms with Crippen molar-refractivity contribution < 1.29 is 0 Å². The number of likely N-dealkylation sites (tertiary alicyclic amines) is 1. The average Bonchev–Trinajstić information content (AvgIpc) is 2.80. The van der Waals surface area contributed by atoms with Crippen LogP contribution in [-0.2, 0) is 13.1 Å². The first-order valence-electron chi connectivity index (χ1n) is 7.32. The highest BCUT2D eigenvalue weighted by Crippen LogP contribution is 2.23. The van der Waals surface area contributed by atoms with Gasteiger partial charge in [-0.3, -0.25) is 4.90 Å². The van der Waals surface area contributed by atoms with Crippen LogP contribution in [0.1, 0.15) is 49.3 Å². The molecule has 0 bridgehead atoms. The van der Waals surface area contributed by atoms with Gasteiger partial charge in [-0.1, -0.05) is 13.3 Å². The van der Waals surface area contributed by atoms with Crippen molar-refractivity contribution in [2.45, 2.75) is 58.7 Å². The van der Waals surface area contributed by atoms with Crippen molar-refractivity contribution in [2.24, 2.45) is 0 Å². The Labute approximate surface area is 115 Å². The van der Waals surface area contributed by atoms with Crippen LogP contribution in [0, 0.1) is 0 Å². The zero-order valence-corrected chi connectivity index (χ0v) is 12.6. The van der Waals surface area contributed by atoms with E-state index in [-0.39, 0.29) is 0 Å². The molecule has 0 aliphatic carbocycles. The fourth-order valence-electron chi connectivity index (χ4n) is 2.58. The van der Waals surface area contributed by atoms with Crippen molar-refractivity contribution in [2.75, 3.05) is 13.1 Å². The summed E-state index contributed by atoms with van der Waals surface area (Å²) in [7, 11) is 0. The molecule has 3 heteroatoms. The van der Waals surface area contributed by atoms with Crippen molar-refractivity contribution in [3.05, 3.63) is 21.9 Å². The number of rotatable bonds is 6. The van der Waals surface area contributed by atoms with Gasteiger partial charge in [0.15, 0.2) is 0 Å². The van der Waals surface area contributed by atoms with Crippen LogP contribution in [0.2, 0.25) is 0 Å². The highest BCUT2D eigenvalue weighted by Gasteiger charge is 2.18. The molecular formula is C15H26N2S. The van der Waals surface area contributed by atoms with Crippen LogP contribution in [0.4, 0.5) is 0 Å². The number of hydrogen-bond donors (Lipinski definition) is 1. The number of thiophene rings is 1. The highest BCUT2D eigenvalue weighted by atomic mass is 32.1. The molecule has 1 aromatic heterocycles. The lowest BCUT2D eigenvalue weighted by Gasteiger charge is -2.32. The van der Waals surface area contributed by atoms with E-state index in [2.05, 4.69) is 36.2 Å². The fraction of sp³-hybridized carbons (Fsp3) is 0.733. The van der Waals surface area contributed by atoms with E-state index in [4.69, 9.17) is 0 Å². The van der Waals surface area contributed by atoms with Crippen molar-refractivity contribution >= 4 is 11.3 Å². The summed E-state index contributed by atoms with van der Waals surface area (Å²) in [4.78, 5) is 5.64. The molecular weight excluding hydrogens is 240 g/mol. The lowest BCUT2D eigenvalue weighted by Crippen LogP contribution is -2.36. The predicted molar refractivity (Wildman–Crippen MR) is 80.0 cm³/mol.